The Labute approximate surface area is 164 Å². The topological polar surface area (TPSA) is 50.8 Å². The van der Waals surface area contributed by atoms with Crippen LogP contribution in [0.3, 0.4) is 0 Å². The van der Waals surface area contributed by atoms with Gasteiger partial charge in [0.1, 0.15) is 6.61 Å². The van der Waals surface area contributed by atoms with Crippen molar-refractivity contribution in [3.8, 4) is 11.5 Å². The maximum atomic E-state index is 12.7. The van der Waals surface area contributed by atoms with E-state index in [2.05, 4.69) is 34.7 Å². The highest BCUT2D eigenvalue weighted by atomic mass is 32.1. The molecule has 0 aliphatic carbocycles. The van der Waals surface area contributed by atoms with Crippen LogP contribution < -0.4 is 14.8 Å². The van der Waals surface area contributed by atoms with Crippen molar-refractivity contribution in [2.24, 2.45) is 5.92 Å². The number of likely N-dealkylation sites (tertiary alicyclic amines) is 1. The average molecular weight is 387 g/mol. The molecule has 1 N–H and O–H groups in total. The van der Waals surface area contributed by atoms with Gasteiger partial charge in [-0.15, -0.1) is 11.3 Å². The van der Waals surface area contributed by atoms with E-state index in [1.165, 1.54) is 17.7 Å². The minimum absolute atomic E-state index is 0.114. The lowest BCUT2D eigenvalue weighted by atomic mass is 9.97. The Morgan fingerprint density at radius 2 is 2.00 bits per heavy atom. The van der Waals surface area contributed by atoms with E-state index in [9.17, 15) is 4.79 Å². The number of piperidine rings is 1. The molecular weight excluding hydrogens is 360 g/mol. The van der Waals surface area contributed by atoms with Crippen molar-refractivity contribution in [2.75, 3.05) is 26.2 Å². The van der Waals surface area contributed by atoms with Crippen molar-refractivity contribution in [1.82, 2.24) is 10.2 Å². The molecule has 1 aromatic carbocycles. The summed E-state index contributed by atoms with van der Waals surface area (Å²) in [5.41, 5.74) is 0. The second kappa shape index (κ2) is 8.31. The zero-order valence-electron chi connectivity index (χ0n) is 15.6. The van der Waals surface area contributed by atoms with Gasteiger partial charge < -0.3 is 14.8 Å². The van der Waals surface area contributed by atoms with Crippen LogP contribution in [0.15, 0.2) is 41.8 Å². The average Bonchev–Trinajstić information content (AvgIpc) is 3.23. The molecule has 5 nitrogen and oxygen atoms in total. The van der Waals surface area contributed by atoms with Crippen molar-refractivity contribution in [3.63, 3.8) is 0 Å². The molecule has 6 heteroatoms. The number of fused-ring (bicyclic) bond motifs is 1. The predicted octanol–water partition coefficient (Wildman–Crippen LogP) is 3.48. The molecule has 1 saturated heterocycles. The number of carbonyl (C=O) groups excluding carboxylic acids is 1. The zero-order valence-corrected chi connectivity index (χ0v) is 16.4. The first-order chi connectivity index (χ1) is 13.2. The Hall–Kier alpha value is -2.05. The number of ether oxygens (including phenoxy) is 2. The van der Waals surface area contributed by atoms with Crippen LogP contribution in [0.2, 0.25) is 0 Å². The lowest BCUT2D eigenvalue weighted by molar-refractivity contribution is -0.130. The normalized spacial score (nSPS) is 21.6. The molecule has 2 aromatic rings. The lowest BCUT2D eigenvalue weighted by Gasteiger charge is -2.36. The van der Waals surface area contributed by atoms with E-state index in [1.54, 1.807) is 11.3 Å². The molecule has 2 atom stereocenters. The Morgan fingerprint density at radius 1 is 1.22 bits per heavy atom. The first-order valence-electron chi connectivity index (χ1n) is 9.64. The number of nitrogens with zero attached hydrogens (tertiary/aromatic N) is 1. The SMILES string of the molecule is CC1CCN([C@@H](CNC(=O)[C@@H]2COc3ccccc3O2)c2cccs2)CC1. The zero-order chi connectivity index (χ0) is 18.6. The summed E-state index contributed by atoms with van der Waals surface area (Å²) in [5, 5.41) is 5.20. The minimum Gasteiger partial charge on any atom is -0.485 e. The largest absolute Gasteiger partial charge is 0.485 e. The number of amides is 1. The van der Waals surface area contributed by atoms with Gasteiger partial charge in [-0.2, -0.15) is 0 Å². The molecule has 2 aliphatic heterocycles. The number of para-hydroxylation sites is 2. The number of rotatable bonds is 5. The standard InChI is InChI=1S/C21H26N2O3S/c1-15-8-10-23(11-9-15)16(20-7-4-12-27-20)13-22-21(24)19-14-25-17-5-2-3-6-18(17)26-19/h2-7,12,15-16,19H,8-11,13-14H2,1H3,(H,22,24)/t16-,19-/m0/s1. The van der Waals surface area contributed by atoms with E-state index in [0.29, 0.717) is 18.0 Å². The Bertz CT molecular complexity index is 757. The van der Waals surface area contributed by atoms with Gasteiger partial charge >= 0.3 is 0 Å². The lowest BCUT2D eigenvalue weighted by Crippen LogP contribution is -2.47. The maximum absolute atomic E-state index is 12.7. The molecule has 27 heavy (non-hydrogen) atoms. The van der Waals surface area contributed by atoms with Gasteiger partial charge in [0.15, 0.2) is 11.5 Å². The molecule has 1 amide bonds. The van der Waals surface area contributed by atoms with Crippen LogP contribution >= 0.6 is 11.3 Å². The van der Waals surface area contributed by atoms with Gasteiger partial charge in [0.2, 0.25) is 6.10 Å². The van der Waals surface area contributed by atoms with E-state index in [0.717, 1.165) is 19.0 Å². The van der Waals surface area contributed by atoms with Crippen LogP contribution in [0.4, 0.5) is 0 Å². The number of hydrogen-bond acceptors (Lipinski definition) is 5. The first-order valence-corrected chi connectivity index (χ1v) is 10.5. The molecule has 1 aromatic heterocycles. The third-order valence-electron chi connectivity index (χ3n) is 5.40. The molecular formula is C21H26N2O3S. The highest BCUT2D eigenvalue weighted by Crippen LogP contribution is 2.31. The summed E-state index contributed by atoms with van der Waals surface area (Å²) in [7, 11) is 0. The van der Waals surface area contributed by atoms with Crippen LogP contribution in [0, 0.1) is 5.92 Å². The molecule has 2 aliphatic rings. The van der Waals surface area contributed by atoms with E-state index in [-0.39, 0.29) is 18.6 Å². The van der Waals surface area contributed by atoms with E-state index in [4.69, 9.17) is 9.47 Å². The van der Waals surface area contributed by atoms with Gasteiger partial charge in [0.05, 0.1) is 6.04 Å². The van der Waals surface area contributed by atoms with Crippen molar-refractivity contribution >= 4 is 17.2 Å². The van der Waals surface area contributed by atoms with Gasteiger partial charge in [-0.3, -0.25) is 9.69 Å². The third-order valence-corrected chi connectivity index (χ3v) is 6.37. The molecule has 0 unspecified atom stereocenters. The fourth-order valence-electron chi connectivity index (χ4n) is 3.69. The molecule has 1 fully saturated rings. The Kier molecular flexibility index (Phi) is 5.64. The van der Waals surface area contributed by atoms with Crippen LogP contribution in [0.1, 0.15) is 30.7 Å². The molecule has 0 bridgehead atoms. The fourth-order valence-corrected chi connectivity index (χ4v) is 4.55. The smallest absolute Gasteiger partial charge is 0.264 e. The van der Waals surface area contributed by atoms with Crippen LogP contribution in [-0.2, 0) is 4.79 Å². The highest BCUT2D eigenvalue weighted by Gasteiger charge is 2.30. The highest BCUT2D eigenvalue weighted by molar-refractivity contribution is 7.10. The van der Waals surface area contributed by atoms with Gasteiger partial charge in [0.25, 0.3) is 5.91 Å². The number of carbonyl (C=O) groups is 1. The molecule has 0 spiro atoms. The van der Waals surface area contributed by atoms with Crippen LogP contribution in [0.25, 0.3) is 0 Å². The van der Waals surface area contributed by atoms with Gasteiger partial charge in [0, 0.05) is 11.4 Å². The van der Waals surface area contributed by atoms with E-state index < -0.39 is 6.10 Å². The number of benzene rings is 1. The molecule has 0 radical (unpaired) electrons. The summed E-state index contributed by atoms with van der Waals surface area (Å²) >= 11 is 1.75. The van der Waals surface area contributed by atoms with Crippen molar-refractivity contribution in [1.29, 1.82) is 0 Å². The van der Waals surface area contributed by atoms with Crippen LogP contribution in [-0.4, -0.2) is 43.2 Å². The summed E-state index contributed by atoms with van der Waals surface area (Å²) in [6.45, 7) is 5.31. The monoisotopic (exact) mass is 386 g/mol. The summed E-state index contributed by atoms with van der Waals surface area (Å²) in [5.74, 6) is 1.99. The summed E-state index contributed by atoms with van der Waals surface area (Å²) in [6.07, 6.45) is 1.82. The number of nitrogens with one attached hydrogen (secondary N) is 1. The molecule has 0 saturated carbocycles. The van der Waals surface area contributed by atoms with Crippen molar-refractivity contribution < 1.29 is 14.3 Å². The van der Waals surface area contributed by atoms with E-state index >= 15 is 0 Å². The van der Waals surface area contributed by atoms with Gasteiger partial charge in [-0.1, -0.05) is 25.1 Å². The molecule has 144 valence electrons. The third kappa shape index (κ3) is 4.28. The Balaban J connectivity index is 1.38. The second-order valence-corrected chi connectivity index (χ2v) is 8.34. The quantitative estimate of drug-likeness (QED) is 0.855. The molecule has 3 heterocycles. The fraction of sp³-hybridized carbons (Fsp3) is 0.476. The van der Waals surface area contributed by atoms with Gasteiger partial charge in [-0.25, -0.2) is 0 Å². The van der Waals surface area contributed by atoms with Gasteiger partial charge in [-0.05, 0) is 55.4 Å². The summed E-state index contributed by atoms with van der Waals surface area (Å²) < 4.78 is 11.5. The summed E-state index contributed by atoms with van der Waals surface area (Å²) in [4.78, 5) is 16.5. The minimum atomic E-state index is -0.606. The number of thiophene rings is 1. The van der Waals surface area contributed by atoms with E-state index in [1.807, 2.05) is 24.3 Å². The second-order valence-electron chi connectivity index (χ2n) is 7.36. The predicted molar refractivity (Wildman–Crippen MR) is 106 cm³/mol. The molecule has 4 rings (SSSR count). The van der Waals surface area contributed by atoms with Crippen molar-refractivity contribution in [2.45, 2.75) is 31.9 Å². The first kappa shape index (κ1) is 18.3. The maximum Gasteiger partial charge on any atom is 0.264 e. The van der Waals surface area contributed by atoms with Crippen molar-refractivity contribution in [3.05, 3.63) is 46.7 Å². The Morgan fingerprint density at radius 3 is 2.74 bits per heavy atom. The van der Waals surface area contributed by atoms with Crippen LogP contribution in [0.5, 0.6) is 11.5 Å². The summed E-state index contributed by atoms with van der Waals surface area (Å²) in [6, 6.07) is 11.9. The number of hydrogen-bond donors (Lipinski definition) is 1.